The molecule has 1 heterocycles. The van der Waals surface area contributed by atoms with E-state index in [2.05, 4.69) is 44.0 Å². The lowest BCUT2D eigenvalue weighted by molar-refractivity contribution is -0.144. The summed E-state index contributed by atoms with van der Waals surface area (Å²) in [6.07, 6.45) is 13.1. The van der Waals surface area contributed by atoms with Crippen LogP contribution in [0.5, 0.6) is 0 Å². The molecule has 0 aromatic heterocycles. The van der Waals surface area contributed by atoms with Crippen molar-refractivity contribution in [2.75, 3.05) is 7.11 Å². The summed E-state index contributed by atoms with van der Waals surface area (Å²) in [6.45, 7) is 0. The van der Waals surface area contributed by atoms with Gasteiger partial charge in [-0.05, 0) is 64.0 Å². The minimum Gasteiger partial charge on any atom is -0.459 e. The summed E-state index contributed by atoms with van der Waals surface area (Å²) in [5, 5.41) is 0. The largest absolute Gasteiger partial charge is 0.459 e. The van der Waals surface area contributed by atoms with Gasteiger partial charge in [0.1, 0.15) is 12.2 Å². The first-order valence-corrected chi connectivity index (χ1v) is 8.62. The highest BCUT2D eigenvalue weighted by Gasteiger charge is 2.29. The molecule has 1 rings (SSSR count). The SMILES string of the molecule is CO[C@H](/C=C/CCCCCC=C(Br)Br)[C@@H]1CCC(=O)O1. The fourth-order valence-corrected chi connectivity index (χ4v) is 2.62. The number of hydrogen-bond donors (Lipinski definition) is 0. The zero-order chi connectivity index (χ0) is 14.8. The van der Waals surface area contributed by atoms with Crippen LogP contribution < -0.4 is 0 Å². The number of allylic oxidation sites excluding steroid dienone is 2. The number of carbonyl (C=O) groups excluding carboxylic acids is 1. The van der Waals surface area contributed by atoms with Gasteiger partial charge in [0.25, 0.3) is 0 Å². The van der Waals surface area contributed by atoms with Crippen LogP contribution in [-0.4, -0.2) is 25.3 Å². The molecule has 0 aromatic rings. The Bertz CT molecular complexity index is 349. The highest BCUT2D eigenvalue weighted by atomic mass is 79.9. The molecule has 1 saturated heterocycles. The van der Waals surface area contributed by atoms with Gasteiger partial charge < -0.3 is 9.47 Å². The van der Waals surface area contributed by atoms with Gasteiger partial charge in [-0.25, -0.2) is 0 Å². The van der Waals surface area contributed by atoms with Gasteiger partial charge in [-0.3, -0.25) is 4.79 Å². The van der Waals surface area contributed by atoms with Gasteiger partial charge in [0, 0.05) is 13.5 Å². The molecule has 1 fully saturated rings. The highest BCUT2D eigenvalue weighted by molar-refractivity contribution is 9.28. The first-order valence-electron chi connectivity index (χ1n) is 7.03. The quantitative estimate of drug-likeness (QED) is 0.310. The molecule has 20 heavy (non-hydrogen) atoms. The average Bonchev–Trinajstić information content (AvgIpc) is 2.83. The molecule has 0 saturated carbocycles. The van der Waals surface area contributed by atoms with E-state index >= 15 is 0 Å². The lowest BCUT2D eigenvalue weighted by atomic mass is 10.1. The standard InChI is InChI=1S/C15H22Br2O3/c1-19-12(13-10-11-15(18)20-13)8-6-4-2-3-5-7-9-14(16)17/h6,8-9,12-13H,2-5,7,10-11H2,1H3/b8-6+/t12-,13+/m1/s1. The van der Waals surface area contributed by atoms with Crippen LogP contribution in [0.15, 0.2) is 21.6 Å². The molecule has 114 valence electrons. The van der Waals surface area contributed by atoms with Gasteiger partial charge in [0.2, 0.25) is 0 Å². The summed E-state index contributed by atoms with van der Waals surface area (Å²) < 4.78 is 11.6. The van der Waals surface area contributed by atoms with Crippen molar-refractivity contribution in [2.24, 2.45) is 0 Å². The van der Waals surface area contributed by atoms with E-state index in [1.807, 2.05) is 6.08 Å². The number of esters is 1. The molecule has 0 bridgehead atoms. The lowest BCUT2D eigenvalue weighted by Crippen LogP contribution is -2.25. The molecule has 2 atom stereocenters. The number of ether oxygens (including phenoxy) is 2. The number of carbonyl (C=O) groups is 1. The first-order chi connectivity index (χ1) is 9.63. The molecule has 0 aromatic carbocycles. The van der Waals surface area contributed by atoms with E-state index < -0.39 is 0 Å². The summed E-state index contributed by atoms with van der Waals surface area (Å²) in [5.41, 5.74) is 0. The zero-order valence-electron chi connectivity index (χ0n) is 11.8. The maximum atomic E-state index is 11.1. The van der Waals surface area contributed by atoms with E-state index in [9.17, 15) is 4.79 Å². The topological polar surface area (TPSA) is 35.5 Å². The van der Waals surface area contributed by atoms with E-state index in [0.717, 1.165) is 22.7 Å². The van der Waals surface area contributed by atoms with Crippen LogP contribution in [0.25, 0.3) is 0 Å². The van der Waals surface area contributed by atoms with Crippen LogP contribution in [0.3, 0.4) is 0 Å². The molecule has 0 N–H and O–H groups in total. The summed E-state index contributed by atoms with van der Waals surface area (Å²) in [5.74, 6) is -0.114. The van der Waals surface area contributed by atoms with Gasteiger partial charge in [-0.15, -0.1) is 0 Å². The van der Waals surface area contributed by atoms with Crippen molar-refractivity contribution < 1.29 is 14.3 Å². The predicted octanol–water partition coefficient (Wildman–Crippen LogP) is 4.84. The van der Waals surface area contributed by atoms with Gasteiger partial charge in [0.05, 0.1) is 3.39 Å². The smallest absolute Gasteiger partial charge is 0.306 e. The maximum Gasteiger partial charge on any atom is 0.306 e. The number of unbranched alkanes of at least 4 members (excludes halogenated alkanes) is 4. The molecule has 0 amide bonds. The Morgan fingerprint density at radius 2 is 2.15 bits per heavy atom. The molecule has 0 unspecified atom stereocenters. The Kier molecular flexibility index (Phi) is 9.48. The van der Waals surface area contributed by atoms with Crippen molar-refractivity contribution >= 4 is 37.8 Å². The third kappa shape index (κ3) is 7.60. The lowest BCUT2D eigenvalue weighted by Gasteiger charge is -2.17. The van der Waals surface area contributed by atoms with Crippen LogP contribution >= 0.6 is 31.9 Å². The van der Waals surface area contributed by atoms with Crippen LogP contribution in [0, 0.1) is 0 Å². The first kappa shape index (κ1) is 17.9. The van der Waals surface area contributed by atoms with Crippen LogP contribution in [-0.2, 0) is 14.3 Å². The molecule has 0 aliphatic carbocycles. The van der Waals surface area contributed by atoms with E-state index in [0.29, 0.717) is 6.42 Å². The Morgan fingerprint density at radius 3 is 2.75 bits per heavy atom. The molecule has 0 radical (unpaired) electrons. The molecule has 1 aliphatic rings. The monoisotopic (exact) mass is 408 g/mol. The normalized spacial score (nSPS) is 20.1. The number of hydrogen-bond acceptors (Lipinski definition) is 3. The van der Waals surface area contributed by atoms with Crippen LogP contribution in [0.2, 0.25) is 0 Å². The van der Waals surface area contributed by atoms with Crippen molar-refractivity contribution in [3.63, 3.8) is 0 Å². The van der Waals surface area contributed by atoms with Crippen molar-refractivity contribution in [2.45, 2.75) is 57.2 Å². The summed E-state index contributed by atoms with van der Waals surface area (Å²) in [4.78, 5) is 11.1. The molecule has 1 aliphatic heterocycles. The average molecular weight is 410 g/mol. The summed E-state index contributed by atoms with van der Waals surface area (Å²) >= 11 is 6.69. The zero-order valence-corrected chi connectivity index (χ0v) is 15.0. The molecular weight excluding hydrogens is 388 g/mol. The fourth-order valence-electron chi connectivity index (χ4n) is 2.16. The summed E-state index contributed by atoms with van der Waals surface area (Å²) in [7, 11) is 1.66. The van der Waals surface area contributed by atoms with Crippen LogP contribution in [0.1, 0.15) is 44.9 Å². The second-order valence-corrected chi connectivity index (χ2v) is 7.60. The van der Waals surface area contributed by atoms with E-state index in [-0.39, 0.29) is 18.2 Å². The predicted molar refractivity (Wildman–Crippen MR) is 88.1 cm³/mol. The number of cyclic esters (lactones) is 1. The van der Waals surface area contributed by atoms with Crippen molar-refractivity contribution in [3.8, 4) is 0 Å². The Balaban J connectivity index is 2.13. The van der Waals surface area contributed by atoms with Crippen molar-refractivity contribution in [1.82, 2.24) is 0 Å². The third-order valence-electron chi connectivity index (χ3n) is 3.25. The molecule has 5 heteroatoms. The fraction of sp³-hybridized carbons (Fsp3) is 0.667. The van der Waals surface area contributed by atoms with Crippen molar-refractivity contribution in [1.29, 1.82) is 0 Å². The van der Waals surface area contributed by atoms with E-state index in [1.165, 1.54) is 19.3 Å². The van der Waals surface area contributed by atoms with Crippen molar-refractivity contribution in [3.05, 3.63) is 21.6 Å². The Morgan fingerprint density at radius 1 is 1.40 bits per heavy atom. The van der Waals surface area contributed by atoms with Gasteiger partial charge >= 0.3 is 5.97 Å². The Hall–Kier alpha value is -0.130. The number of rotatable bonds is 9. The molecular formula is C15H22Br2O3. The second kappa shape index (κ2) is 10.6. The minimum atomic E-state index is -0.114. The molecule has 3 nitrogen and oxygen atoms in total. The summed E-state index contributed by atoms with van der Waals surface area (Å²) in [6, 6.07) is 0. The van der Waals surface area contributed by atoms with Crippen LogP contribution in [0.4, 0.5) is 0 Å². The third-order valence-corrected chi connectivity index (χ3v) is 3.90. The van der Waals surface area contributed by atoms with Gasteiger partial charge in [-0.1, -0.05) is 24.6 Å². The number of halogens is 2. The maximum absolute atomic E-state index is 11.1. The number of methoxy groups -OCH3 is 1. The van der Waals surface area contributed by atoms with Gasteiger partial charge in [-0.2, -0.15) is 0 Å². The van der Waals surface area contributed by atoms with E-state index in [4.69, 9.17) is 9.47 Å². The second-order valence-electron chi connectivity index (χ2n) is 4.83. The van der Waals surface area contributed by atoms with E-state index in [1.54, 1.807) is 7.11 Å². The van der Waals surface area contributed by atoms with Gasteiger partial charge in [0.15, 0.2) is 0 Å². The highest BCUT2D eigenvalue weighted by Crippen LogP contribution is 2.20. The Labute approximate surface area is 138 Å². The molecule has 0 spiro atoms. The minimum absolute atomic E-state index is 0.103.